The van der Waals surface area contributed by atoms with Gasteiger partial charge in [-0.3, -0.25) is 0 Å². The van der Waals surface area contributed by atoms with Crippen molar-refractivity contribution in [2.24, 2.45) is 0 Å². The Hall–Kier alpha value is -7.80. The van der Waals surface area contributed by atoms with Crippen LogP contribution in [-0.4, -0.2) is 12.6 Å². The molecule has 1 aliphatic rings. The van der Waals surface area contributed by atoms with Gasteiger partial charge in [-0.15, -0.1) is 11.3 Å². The number of nitrogens with zero attached hydrogens (tertiary/aromatic N) is 1. The van der Waals surface area contributed by atoms with Gasteiger partial charge in [0, 0.05) is 52.0 Å². The minimum atomic E-state index is -3.12. The van der Waals surface area contributed by atoms with Gasteiger partial charge in [0.2, 0.25) is 0 Å². The maximum atomic E-state index is 15.3. The van der Waals surface area contributed by atoms with Crippen molar-refractivity contribution in [1.82, 2.24) is 4.57 Å². The molecule has 0 bridgehead atoms. The molecule has 0 saturated carbocycles. The molecule has 0 N–H and O–H groups in total. The maximum absolute atomic E-state index is 15.3. The summed E-state index contributed by atoms with van der Waals surface area (Å²) in [4.78, 5) is 2.54. The summed E-state index contributed by atoms with van der Waals surface area (Å²) in [7, 11) is -3.12. The summed E-state index contributed by atoms with van der Waals surface area (Å²) in [6.07, 6.45) is 0. The number of para-hydroxylation sites is 2. The Morgan fingerprint density at radius 3 is 1.80 bits per heavy atom. The van der Waals surface area contributed by atoms with Gasteiger partial charge < -0.3 is 4.57 Å². The Morgan fingerprint density at radius 1 is 0.377 bits per heavy atom. The van der Waals surface area contributed by atoms with Crippen molar-refractivity contribution in [2.45, 2.75) is 9.79 Å². The second kappa shape index (κ2) is 15.9. The molecule has 0 fully saturated rings. The molecule has 0 spiro atoms. The highest BCUT2D eigenvalue weighted by atomic mass is 32.2. The summed E-state index contributed by atoms with van der Waals surface area (Å²) in [6.45, 7) is 0. The molecule has 324 valence electrons. The van der Waals surface area contributed by atoms with E-state index in [4.69, 9.17) is 0 Å². The third-order valence-corrected chi connectivity index (χ3v) is 21.9. The van der Waals surface area contributed by atoms with Gasteiger partial charge in [-0.05, 0) is 120 Å². The smallest absolute Gasteiger partial charge is 0.181 e. The third-order valence-electron chi connectivity index (χ3n) is 14.4. The summed E-state index contributed by atoms with van der Waals surface area (Å²) in [5.41, 5.74) is 9.71. The summed E-state index contributed by atoms with van der Waals surface area (Å²) in [5.74, 6) is -0.217. The molecule has 1 atom stereocenters. The lowest BCUT2D eigenvalue weighted by atomic mass is 9.99. The van der Waals surface area contributed by atoms with Gasteiger partial charge in [-0.25, -0.2) is 4.39 Å². The van der Waals surface area contributed by atoms with Crippen LogP contribution in [0.25, 0.3) is 91.8 Å². The van der Waals surface area contributed by atoms with Crippen molar-refractivity contribution in [3.63, 3.8) is 0 Å². The zero-order chi connectivity index (χ0) is 45.6. The number of halogens is 1. The zero-order valence-electron chi connectivity index (χ0n) is 37.2. The van der Waals surface area contributed by atoms with E-state index < -0.39 is 8.07 Å². The lowest BCUT2D eigenvalue weighted by molar-refractivity contribution is 0.631. The first-order valence-electron chi connectivity index (χ1n) is 23.4. The number of hydrogen-bond acceptors (Lipinski definition) is 2. The Kier molecular flexibility index (Phi) is 9.28. The number of benzene rings is 11. The van der Waals surface area contributed by atoms with Gasteiger partial charge in [0.1, 0.15) is 5.82 Å². The van der Waals surface area contributed by atoms with Crippen LogP contribution in [0.5, 0.6) is 0 Å². The van der Waals surface area contributed by atoms with Crippen LogP contribution in [-0.2, 0) is 0 Å². The van der Waals surface area contributed by atoms with Crippen LogP contribution in [0.1, 0.15) is 0 Å². The minimum Gasteiger partial charge on any atom is -0.309 e. The molecule has 13 aromatic rings. The molecule has 0 amide bonds. The van der Waals surface area contributed by atoms with E-state index in [2.05, 4.69) is 217 Å². The molecule has 1 unspecified atom stereocenters. The van der Waals surface area contributed by atoms with Crippen molar-refractivity contribution in [2.75, 3.05) is 0 Å². The molecule has 69 heavy (non-hydrogen) atoms. The second-order valence-corrected chi connectivity index (χ2v) is 24.0. The van der Waals surface area contributed by atoms with Gasteiger partial charge in [-0.2, -0.15) is 0 Å². The Labute approximate surface area is 408 Å². The first kappa shape index (κ1) is 40.3. The van der Waals surface area contributed by atoms with E-state index in [-0.39, 0.29) is 5.82 Å². The standard InChI is InChI=1S/C64H40FNS2Si/c65-56-22-7-4-18-50(56)45-16-12-17-46(36-45)51-21-13-27-63-64(51)68-61-25-10-11-26-62(61)69(63,49-33-35-60-55(40-49)54-39-44(30-34-59(54)67-60)41-14-2-1-3-15-41)48-32-29-42-37-47(31-28-43(42)38-48)66-57-23-8-5-19-52(57)53-20-6-9-24-58(53)66/h1-40H. The molecule has 1 nitrogen and oxygen atoms in total. The van der Waals surface area contributed by atoms with Gasteiger partial charge in [0.15, 0.2) is 8.07 Å². The van der Waals surface area contributed by atoms with Crippen LogP contribution >= 0.6 is 23.1 Å². The molecule has 5 heteroatoms. The second-order valence-electron chi connectivity index (χ2n) is 18.1. The summed E-state index contributed by atoms with van der Waals surface area (Å²) < 4.78 is 20.3. The van der Waals surface area contributed by atoms with Crippen LogP contribution < -0.4 is 20.7 Å². The number of fused-ring (bicyclic) bond motifs is 9. The van der Waals surface area contributed by atoms with E-state index in [0.717, 1.165) is 22.4 Å². The molecule has 0 aliphatic carbocycles. The SMILES string of the molecule is Fc1ccccc1-c1cccc(-c2cccc3c2Sc2ccccc2[Si]3(c2ccc3cc(-n4c5ccccc5c5ccccc54)ccc3c2)c2ccc3sc4ccc(-c5ccccc5)cc4c3c2)c1. The first-order valence-corrected chi connectivity index (χ1v) is 27.0. The van der Waals surface area contributed by atoms with E-state index in [9.17, 15) is 0 Å². The molecule has 2 aromatic heterocycles. The highest BCUT2D eigenvalue weighted by molar-refractivity contribution is 8.00. The molecule has 14 rings (SSSR count). The van der Waals surface area contributed by atoms with E-state index in [0.29, 0.717) is 5.56 Å². The molecule has 1 aliphatic heterocycles. The van der Waals surface area contributed by atoms with E-state index in [1.165, 1.54) is 94.4 Å². The topological polar surface area (TPSA) is 4.93 Å². The monoisotopic (exact) mass is 933 g/mol. The largest absolute Gasteiger partial charge is 0.309 e. The third kappa shape index (κ3) is 6.28. The average molecular weight is 934 g/mol. The van der Waals surface area contributed by atoms with E-state index in [1.54, 1.807) is 12.1 Å². The van der Waals surface area contributed by atoms with Gasteiger partial charge >= 0.3 is 0 Å². The summed E-state index contributed by atoms with van der Waals surface area (Å²) in [5, 5.41) is 13.0. The molecule has 11 aromatic carbocycles. The van der Waals surface area contributed by atoms with Gasteiger partial charge in [0.25, 0.3) is 0 Å². The van der Waals surface area contributed by atoms with E-state index in [1.807, 2.05) is 41.3 Å². The fourth-order valence-electron chi connectivity index (χ4n) is 11.3. The molecular weight excluding hydrogens is 894 g/mol. The molecule has 3 heterocycles. The predicted octanol–water partition coefficient (Wildman–Crippen LogP) is 15.3. The highest BCUT2D eigenvalue weighted by Crippen LogP contribution is 2.42. The lowest BCUT2D eigenvalue weighted by Gasteiger charge is -2.40. The van der Waals surface area contributed by atoms with Crippen molar-refractivity contribution in [3.05, 3.63) is 248 Å². The molecule has 0 saturated heterocycles. The quantitative estimate of drug-likeness (QED) is 0.150. The number of hydrogen-bond donors (Lipinski definition) is 0. The molecule has 0 radical (unpaired) electrons. The lowest BCUT2D eigenvalue weighted by Crippen LogP contribution is -2.76. The van der Waals surface area contributed by atoms with Crippen LogP contribution in [0.3, 0.4) is 0 Å². The Balaban J connectivity index is 1.03. The Bertz CT molecular complexity index is 4150. The average Bonchev–Trinajstić information content (AvgIpc) is 3.95. The fourth-order valence-corrected chi connectivity index (χ4v) is 19.5. The van der Waals surface area contributed by atoms with Crippen LogP contribution in [0.15, 0.2) is 252 Å². The van der Waals surface area contributed by atoms with Gasteiger partial charge in [0.05, 0.1) is 11.0 Å². The number of rotatable bonds is 6. The van der Waals surface area contributed by atoms with Gasteiger partial charge in [-0.1, -0.05) is 194 Å². The fraction of sp³-hybridized carbons (Fsp3) is 0. The van der Waals surface area contributed by atoms with Crippen molar-refractivity contribution in [1.29, 1.82) is 0 Å². The number of aromatic nitrogens is 1. The summed E-state index contributed by atoms with van der Waals surface area (Å²) in [6, 6.07) is 88.4. The van der Waals surface area contributed by atoms with Crippen LogP contribution in [0, 0.1) is 5.82 Å². The van der Waals surface area contributed by atoms with Crippen molar-refractivity contribution in [3.8, 4) is 39.1 Å². The van der Waals surface area contributed by atoms with Crippen LogP contribution in [0.4, 0.5) is 4.39 Å². The van der Waals surface area contributed by atoms with Crippen molar-refractivity contribution < 1.29 is 4.39 Å². The zero-order valence-corrected chi connectivity index (χ0v) is 39.9. The maximum Gasteiger partial charge on any atom is 0.181 e. The highest BCUT2D eigenvalue weighted by Gasteiger charge is 2.48. The Morgan fingerprint density at radius 2 is 0.971 bits per heavy atom. The summed E-state index contributed by atoms with van der Waals surface area (Å²) >= 11 is 3.75. The normalized spacial score (nSPS) is 14.4. The first-order chi connectivity index (χ1) is 34.1. The predicted molar refractivity (Wildman–Crippen MR) is 295 cm³/mol. The van der Waals surface area contributed by atoms with Crippen molar-refractivity contribution >= 4 is 105 Å². The van der Waals surface area contributed by atoms with Crippen LogP contribution in [0.2, 0.25) is 0 Å². The number of thiophene rings is 1. The minimum absolute atomic E-state index is 0.217. The van der Waals surface area contributed by atoms with E-state index >= 15 is 4.39 Å². The molecular formula is C64H40FNS2Si.